The van der Waals surface area contributed by atoms with Gasteiger partial charge in [0.2, 0.25) is 30.1 Å². The number of hydrogen-bond acceptors (Lipinski definition) is 30. The molecule has 0 atom stereocenters. The molecular formula is C79H74BrCl6F4N13O19S6. The Morgan fingerprint density at radius 3 is 0.984 bits per heavy atom. The molecule has 0 radical (unpaired) electrons. The first-order valence-electron chi connectivity index (χ1n) is 35.3. The van der Waals surface area contributed by atoms with E-state index in [4.69, 9.17) is 73.7 Å². The van der Waals surface area contributed by atoms with Gasteiger partial charge in [0, 0.05) is 106 Å². The Morgan fingerprint density at radius 2 is 0.719 bits per heavy atom. The number of benzene rings is 4. The quantitative estimate of drug-likeness (QED) is 0.00773. The number of aromatic carboxylic acids is 1. The van der Waals surface area contributed by atoms with E-state index in [1.807, 2.05) is 6.92 Å². The number of sulfonamides is 3. The zero-order valence-electron chi connectivity index (χ0n) is 67.0. The van der Waals surface area contributed by atoms with Gasteiger partial charge in [0.05, 0.1) is 155 Å². The Labute approximate surface area is 778 Å². The number of carbonyl (C=O) groups excluding carboxylic acids is 5. The molecule has 128 heavy (non-hydrogen) atoms. The summed E-state index contributed by atoms with van der Waals surface area (Å²) in [6.45, 7) is 2.54. The summed E-state index contributed by atoms with van der Waals surface area (Å²) in [4.78, 5) is 100.0. The number of hydrogen-bond donors (Lipinski definition) is 6. The van der Waals surface area contributed by atoms with E-state index < -0.39 is 74.3 Å². The molecule has 0 aliphatic carbocycles. The number of aromatic nitrogens is 8. The van der Waals surface area contributed by atoms with Crippen LogP contribution in [-0.2, 0) is 103 Å². The number of methoxy groups -OCH3 is 4. The lowest BCUT2D eigenvalue weighted by Crippen LogP contribution is -2.23. The number of carboxylic acid groups (broad SMARTS) is 1. The molecule has 0 saturated heterocycles. The van der Waals surface area contributed by atoms with E-state index in [0.29, 0.717) is 70.6 Å². The zero-order chi connectivity index (χ0) is 94.2. The maximum Gasteiger partial charge on any atom is 0.339 e. The third kappa shape index (κ3) is 37.7. The van der Waals surface area contributed by atoms with Gasteiger partial charge in [-0.25, -0.2) is 89.4 Å². The number of esters is 4. The van der Waals surface area contributed by atoms with Crippen LogP contribution in [-0.4, -0.2) is 143 Å². The van der Waals surface area contributed by atoms with Crippen molar-refractivity contribution in [1.29, 1.82) is 0 Å². The second kappa shape index (κ2) is 54.8. The smallest absolute Gasteiger partial charge is 0.339 e. The second-order valence-electron chi connectivity index (χ2n) is 24.3. The molecule has 12 aromatic rings. The first-order chi connectivity index (χ1) is 60.1. The third-order valence-corrected chi connectivity index (χ3v) is 24.4. The molecule has 0 saturated carbocycles. The lowest BCUT2D eigenvalue weighted by atomic mass is 10.1. The molecule has 0 amide bonds. The third-order valence-electron chi connectivity index (χ3n) is 15.5. The van der Waals surface area contributed by atoms with Crippen LogP contribution >= 0.6 is 108 Å². The molecule has 682 valence electrons. The summed E-state index contributed by atoms with van der Waals surface area (Å²) >= 11 is 28.4. The number of ether oxygens (including phenoxy) is 4. The van der Waals surface area contributed by atoms with E-state index in [2.05, 4.69) is 88.9 Å². The summed E-state index contributed by atoms with van der Waals surface area (Å²) in [5, 5.41) is 8.30. The van der Waals surface area contributed by atoms with E-state index in [9.17, 15) is 80.0 Å². The van der Waals surface area contributed by atoms with Gasteiger partial charge in [-0.15, -0.1) is 35.1 Å². The maximum atomic E-state index is 13.2. The van der Waals surface area contributed by atoms with Gasteiger partial charge in [0.15, 0.2) is 5.78 Å². The highest BCUT2D eigenvalue weighted by atomic mass is 79.9. The molecule has 0 fully saturated rings. The van der Waals surface area contributed by atoms with Crippen molar-refractivity contribution in [3.05, 3.63) is 327 Å². The number of carbonyl (C=O) groups is 6. The zero-order valence-corrected chi connectivity index (χ0v) is 78.0. The molecule has 8 heterocycles. The van der Waals surface area contributed by atoms with Gasteiger partial charge >= 0.3 is 29.8 Å². The topological polar surface area (TPSA) is 487 Å². The fraction of sp³-hybridized carbons (Fsp3) is 0.165. The van der Waals surface area contributed by atoms with Gasteiger partial charge in [-0.2, -0.15) is 0 Å². The standard InChI is InChI=1S/C18H15ClFN3O3S2.C14H12ClFN2O4S.C13H10ClFN2O4S.C8H8BrNO2.C8H10N2O2.C8H9NO2.C6H3Cl2FO2S.C4H6N2S.ClH/c19-16-7-15(4-5-17(16)20)28(25,26)23-9-13-2-1-12(8-22-13)18(24)6-3-14-10-21-11-27-14;1-22-14(19)9-2-3-10(17-7-9)8-18-23(20,21)11-4-5-13(16)12(15)6-11;14-11-5-10(3-4-12(11)15)22(20,21)17-7-9-2-1-8(6-16-9)13(18)19;2*1-12-8(11)6-2-3-7(4-9)10-5-6;1-6-3-4-7(5-9-6)8(10)11-2;7-5-3-4(12(8,10)11)1-2-6(5)9;5-1-4-2-6-3-7-4;/h1-2,4-5,7-8,10-11,23H,3,6,9H2;2-7,18H,8H2,1H3;1-6,17H,7H2,(H,18,19);2-3,5H,4H2,1H3;2-3,5H,4,9H2,1H3;3-5H,1-2H3;1-3H;2-3H,1,5H2;1H. The number of ketones is 1. The number of Topliss-reactive ketones (excluding diaryl/α,β-unsaturated/α-hetero) is 1. The van der Waals surface area contributed by atoms with Crippen molar-refractivity contribution >= 4 is 183 Å². The summed E-state index contributed by atoms with van der Waals surface area (Å²) in [5.74, 6) is -5.59. The molecular weight excluding hydrogens is 2000 g/mol. The number of nitrogens with one attached hydrogen (secondary N) is 3. The van der Waals surface area contributed by atoms with Crippen molar-refractivity contribution in [3.8, 4) is 0 Å². The highest BCUT2D eigenvalue weighted by Crippen LogP contribution is 2.25. The summed E-state index contributed by atoms with van der Waals surface area (Å²) in [7, 11) is -5.18. The van der Waals surface area contributed by atoms with E-state index in [1.165, 1.54) is 95.0 Å². The highest BCUT2D eigenvalue weighted by Gasteiger charge is 2.21. The van der Waals surface area contributed by atoms with E-state index in [1.54, 1.807) is 83.3 Å². The van der Waals surface area contributed by atoms with Crippen molar-refractivity contribution < 1.29 is 104 Å². The Bertz CT molecular complexity index is 6090. The molecule has 8 N–H and O–H groups in total. The Balaban J connectivity index is 0.000000316. The number of nitrogens with zero attached hydrogens (tertiary/aromatic N) is 8. The predicted molar refractivity (Wildman–Crippen MR) is 476 cm³/mol. The molecule has 49 heteroatoms. The SMILES string of the molecule is COC(=O)c1ccc(C)nc1.COC(=O)c1ccc(CBr)nc1.COC(=O)c1ccc(CN)nc1.COC(=O)c1ccc(CNS(=O)(=O)c2ccc(F)c(Cl)c2)nc1.Cl.NCc1cncs1.O=C(CCc1cncs1)c1ccc(CNS(=O)(=O)c2ccc(F)c(Cl)c2)nc1.O=C(O)c1ccc(CNS(=O)(=O)c2ccc(F)c(Cl)c2)nc1.O=S(=O)(Cl)c1ccc(F)c(Cl)c1. The molecule has 0 aliphatic rings. The molecule has 8 aromatic heterocycles. The van der Waals surface area contributed by atoms with Gasteiger partial charge in [-0.3, -0.25) is 44.7 Å². The average Bonchev–Trinajstić information content (AvgIpc) is 1.05. The van der Waals surface area contributed by atoms with Crippen LogP contribution in [0.2, 0.25) is 20.1 Å². The minimum Gasteiger partial charge on any atom is -0.478 e. The van der Waals surface area contributed by atoms with Crippen LogP contribution in [0.4, 0.5) is 17.6 Å². The molecule has 4 aromatic carbocycles. The first-order valence-corrected chi connectivity index (χ1v) is 46.5. The van der Waals surface area contributed by atoms with Crippen molar-refractivity contribution in [2.45, 2.75) is 77.4 Å². The van der Waals surface area contributed by atoms with E-state index >= 15 is 0 Å². The number of aryl methyl sites for hydroxylation is 2. The summed E-state index contributed by atoms with van der Waals surface area (Å²) in [5.41, 5.74) is 19.9. The van der Waals surface area contributed by atoms with Crippen molar-refractivity contribution in [3.63, 3.8) is 0 Å². The molecule has 0 aliphatic heterocycles. The fourth-order valence-electron chi connectivity index (χ4n) is 8.76. The number of thiazole rings is 2. The van der Waals surface area contributed by atoms with Crippen LogP contribution in [0.25, 0.3) is 0 Å². The number of halogens is 11. The Hall–Kier alpha value is -10.4. The van der Waals surface area contributed by atoms with Crippen LogP contribution in [0.1, 0.15) is 112 Å². The van der Waals surface area contributed by atoms with Gasteiger partial charge in [-0.05, 0) is 159 Å². The van der Waals surface area contributed by atoms with Gasteiger partial charge in [0.1, 0.15) is 23.3 Å². The molecule has 0 unspecified atom stereocenters. The lowest BCUT2D eigenvalue weighted by molar-refractivity contribution is 0.0591. The van der Waals surface area contributed by atoms with E-state index in [-0.39, 0.29) is 107 Å². The minimum absolute atomic E-state index is 0. The second-order valence-corrected chi connectivity index (χ2v) is 36.3. The number of pyridine rings is 6. The Morgan fingerprint density at radius 1 is 0.414 bits per heavy atom. The van der Waals surface area contributed by atoms with Crippen molar-refractivity contribution in [2.75, 3.05) is 28.4 Å². The maximum absolute atomic E-state index is 13.2. The molecule has 0 bridgehead atoms. The summed E-state index contributed by atoms with van der Waals surface area (Å²) in [6, 6.07) is 31.4. The van der Waals surface area contributed by atoms with Crippen LogP contribution in [0, 0.1) is 30.2 Å². The largest absolute Gasteiger partial charge is 0.478 e. The Kier molecular flexibility index (Phi) is 47.1. The first kappa shape index (κ1) is 110. The molecule has 0 spiro atoms. The summed E-state index contributed by atoms with van der Waals surface area (Å²) < 4.78 is 171. The number of nitrogens with two attached hydrogens (primary N) is 2. The highest BCUT2D eigenvalue weighted by molar-refractivity contribution is 9.08. The van der Waals surface area contributed by atoms with Crippen LogP contribution in [0.3, 0.4) is 0 Å². The van der Waals surface area contributed by atoms with Crippen molar-refractivity contribution in [2.24, 2.45) is 11.5 Å². The van der Waals surface area contributed by atoms with Gasteiger partial charge in [0.25, 0.3) is 9.05 Å². The number of carboxylic acids is 1. The summed E-state index contributed by atoms with van der Waals surface area (Å²) in [6.07, 6.45) is 12.8. The predicted octanol–water partition coefficient (Wildman–Crippen LogP) is 14.5. The lowest BCUT2D eigenvalue weighted by Gasteiger charge is -2.08. The van der Waals surface area contributed by atoms with Gasteiger partial charge < -0.3 is 35.5 Å². The number of alkyl halides is 1. The fourth-order valence-corrected chi connectivity index (χ4v) is 15.0. The molecule has 32 nitrogen and oxygen atoms in total. The number of rotatable bonds is 25. The monoisotopic (exact) mass is 2070 g/mol. The van der Waals surface area contributed by atoms with Crippen LogP contribution in [0.5, 0.6) is 0 Å². The minimum atomic E-state index is -3.88. The van der Waals surface area contributed by atoms with Crippen LogP contribution < -0.4 is 25.6 Å². The van der Waals surface area contributed by atoms with E-state index in [0.717, 1.165) is 106 Å². The van der Waals surface area contributed by atoms with Crippen molar-refractivity contribution in [1.82, 2.24) is 54.0 Å². The molecule has 12 rings (SSSR count). The van der Waals surface area contributed by atoms with Gasteiger partial charge in [-0.1, -0.05) is 62.3 Å². The normalized spacial score (nSPS) is 10.7. The van der Waals surface area contributed by atoms with Crippen LogP contribution in [0.15, 0.2) is 226 Å². The average molecular weight is 2070 g/mol.